The predicted molar refractivity (Wildman–Crippen MR) is 132 cm³/mol. The molecule has 8 nitrogen and oxygen atoms in total. The van der Waals surface area contributed by atoms with Gasteiger partial charge in [-0.1, -0.05) is 35.5 Å². The molecule has 0 spiro atoms. The van der Waals surface area contributed by atoms with Crippen molar-refractivity contribution in [2.24, 2.45) is 5.92 Å². The fraction of sp³-hybridized carbons (Fsp3) is 0.600. The highest BCUT2D eigenvalue weighted by Gasteiger charge is 2.33. The second-order valence-corrected chi connectivity index (χ2v) is 10.3. The Morgan fingerprint density at radius 2 is 1.79 bits per heavy atom. The number of nitrogens with zero attached hydrogens (tertiary/aromatic N) is 5. The highest BCUT2D eigenvalue weighted by atomic mass is 32.2. The molecule has 0 bridgehead atoms. The smallest absolute Gasteiger partial charge is 0.233 e. The average molecular weight is 486 g/mol. The number of carbonyl (C=O) groups is 2. The number of ether oxygens (including phenoxy) is 1. The standard InChI is InChI=1S/C25H35N5O3S/c1-5-30-23(21-8-6-7-17(2)13-21)26-27-25(30)34-16-22(31)28-11-9-20(10-12-28)24(32)29-14-18(3)33-19(4)15-29/h6-8,13,18-20H,5,9-12,14-16H2,1-4H3. The normalized spacial score (nSPS) is 21.6. The number of aromatic nitrogens is 3. The van der Waals surface area contributed by atoms with Crippen LogP contribution < -0.4 is 0 Å². The first-order chi connectivity index (χ1) is 16.4. The van der Waals surface area contributed by atoms with Gasteiger partial charge in [-0.2, -0.15) is 0 Å². The van der Waals surface area contributed by atoms with Crippen LogP contribution in [0, 0.1) is 12.8 Å². The number of piperidine rings is 1. The minimum Gasteiger partial charge on any atom is -0.372 e. The number of hydrogen-bond acceptors (Lipinski definition) is 6. The van der Waals surface area contributed by atoms with Crippen LogP contribution >= 0.6 is 11.8 Å². The van der Waals surface area contributed by atoms with Crippen molar-refractivity contribution in [1.29, 1.82) is 0 Å². The van der Waals surface area contributed by atoms with E-state index in [0.29, 0.717) is 31.9 Å². The van der Waals surface area contributed by atoms with Gasteiger partial charge in [0.1, 0.15) is 0 Å². The summed E-state index contributed by atoms with van der Waals surface area (Å²) in [5.41, 5.74) is 2.20. The quantitative estimate of drug-likeness (QED) is 0.585. The third-order valence-corrected chi connectivity index (χ3v) is 7.51. The fourth-order valence-corrected chi connectivity index (χ4v) is 5.79. The molecule has 3 heterocycles. The topological polar surface area (TPSA) is 80.6 Å². The van der Waals surface area contributed by atoms with Gasteiger partial charge in [0.2, 0.25) is 11.8 Å². The van der Waals surface area contributed by atoms with E-state index < -0.39 is 0 Å². The molecule has 2 aromatic rings. The van der Waals surface area contributed by atoms with Gasteiger partial charge in [0.15, 0.2) is 11.0 Å². The van der Waals surface area contributed by atoms with Crippen molar-refractivity contribution in [2.75, 3.05) is 31.9 Å². The van der Waals surface area contributed by atoms with Crippen molar-refractivity contribution in [2.45, 2.75) is 64.4 Å². The van der Waals surface area contributed by atoms with Gasteiger partial charge in [-0.25, -0.2) is 0 Å². The maximum absolute atomic E-state index is 13.0. The van der Waals surface area contributed by atoms with Crippen LogP contribution in [0.1, 0.15) is 39.2 Å². The number of benzene rings is 1. The number of hydrogen-bond donors (Lipinski definition) is 0. The highest BCUT2D eigenvalue weighted by Crippen LogP contribution is 2.26. The number of carbonyl (C=O) groups excluding carboxylic acids is 2. The van der Waals surface area contributed by atoms with Gasteiger partial charge in [-0.15, -0.1) is 10.2 Å². The molecule has 0 radical (unpaired) electrons. The molecule has 0 aliphatic carbocycles. The van der Waals surface area contributed by atoms with Crippen LogP contribution in [0.25, 0.3) is 11.4 Å². The molecule has 2 aliphatic heterocycles. The van der Waals surface area contributed by atoms with E-state index >= 15 is 0 Å². The number of aryl methyl sites for hydroxylation is 1. The molecule has 2 fully saturated rings. The molecule has 2 atom stereocenters. The third kappa shape index (κ3) is 5.63. The van der Waals surface area contributed by atoms with E-state index in [1.54, 1.807) is 0 Å². The first-order valence-corrected chi connectivity index (χ1v) is 13.2. The fourth-order valence-electron chi connectivity index (χ4n) is 4.89. The van der Waals surface area contributed by atoms with Gasteiger partial charge in [-0.3, -0.25) is 9.59 Å². The zero-order valence-corrected chi connectivity index (χ0v) is 21.4. The van der Waals surface area contributed by atoms with Crippen LogP contribution in [0.15, 0.2) is 29.4 Å². The Morgan fingerprint density at radius 3 is 2.44 bits per heavy atom. The third-order valence-electron chi connectivity index (χ3n) is 6.56. The van der Waals surface area contributed by atoms with Gasteiger partial charge in [0.05, 0.1) is 18.0 Å². The first kappa shape index (κ1) is 24.7. The van der Waals surface area contributed by atoms with E-state index in [9.17, 15) is 9.59 Å². The Kier molecular flexibility index (Phi) is 7.93. The monoisotopic (exact) mass is 485 g/mol. The Balaban J connectivity index is 1.30. The lowest BCUT2D eigenvalue weighted by atomic mass is 9.94. The molecule has 1 aromatic carbocycles. The maximum atomic E-state index is 13.0. The summed E-state index contributed by atoms with van der Waals surface area (Å²) >= 11 is 1.43. The van der Waals surface area contributed by atoms with Crippen LogP contribution in [0.3, 0.4) is 0 Å². The lowest BCUT2D eigenvalue weighted by molar-refractivity contribution is -0.150. The summed E-state index contributed by atoms with van der Waals surface area (Å²) in [5.74, 6) is 1.44. The molecule has 2 aliphatic rings. The Hall–Kier alpha value is -2.39. The zero-order chi connectivity index (χ0) is 24.2. The number of thioether (sulfide) groups is 1. The van der Waals surface area contributed by atoms with E-state index in [1.165, 1.54) is 17.3 Å². The van der Waals surface area contributed by atoms with Crippen LogP contribution in [0.2, 0.25) is 0 Å². The van der Waals surface area contributed by atoms with Crippen molar-refractivity contribution in [1.82, 2.24) is 24.6 Å². The molecule has 2 saturated heterocycles. The molecule has 184 valence electrons. The molecule has 0 N–H and O–H groups in total. The van der Waals surface area contributed by atoms with E-state index in [2.05, 4.69) is 40.7 Å². The van der Waals surface area contributed by atoms with Crippen molar-refractivity contribution in [3.63, 3.8) is 0 Å². The predicted octanol–water partition coefficient (Wildman–Crippen LogP) is 3.24. The van der Waals surface area contributed by atoms with Gasteiger partial charge in [0, 0.05) is 44.2 Å². The number of rotatable bonds is 6. The molecule has 34 heavy (non-hydrogen) atoms. The van der Waals surface area contributed by atoms with Gasteiger partial charge in [-0.05, 0) is 46.6 Å². The van der Waals surface area contributed by atoms with Crippen molar-refractivity contribution < 1.29 is 14.3 Å². The molecular weight excluding hydrogens is 450 g/mol. The molecule has 1 aromatic heterocycles. The molecular formula is C25H35N5O3S. The summed E-state index contributed by atoms with van der Waals surface area (Å²) in [6, 6.07) is 8.21. The molecule has 2 amide bonds. The second kappa shape index (κ2) is 10.9. The summed E-state index contributed by atoms with van der Waals surface area (Å²) < 4.78 is 7.81. The SMILES string of the molecule is CCn1c(SCC(=O)N2CCC(C(=O)N3CC(C)OC(C)C3)CC2)nnc1-c1cccc(C)c1. The lowest BCUT2D eigenvalue weighted by Gasteiger charge is -2.39. The summed E-state index contributed by atoms with van der Waals surface area (Å²) in [7, 11) is 0. The first-order valence-electron chi connectivity index (χ1n) is 12.2. The largest absolute Gasteiger partial charge is 0.372 e. The van der Waals surface area contributed by atoms with E-state index in [1.807, 2.05) is 35.8 Å². The van der Waals surface area contributed by atoms with Crippen molar-refractivity contribution in [3.8, 4) is 11.4 Å². The maximum Gasteiger partial charge on any atom is 0.233 e. The minimum absolute atomic E-state index is 0.00530. The van der Waals surface area contributed by atoms with E-state index in [4.69, 9.17) is 4.74 Å². The Bertz CT molecular complexity index is 1010. The van der Waals surface area contributed by atoms with Gasteiger partial charge < -0.3 is 19.1 Å². The van der Waals surface area contributed by atoms with E-state index in [-0.39, 0.29) is 29.9 Å². The number of likely N-dealkylation sites (tertiary alicyclic amines) is 1. The minimum atomic E-state index is -0.00530. The van der Waals surface area contributed by atoms with Crippen LogP contribution in [-0.4, -0.2) is 80.5 Å². The number of amides is 2. The van der Waals surface area contributed by atoms with Crippen molar-refractivity contribution >= 4 is 23.6 Å². The van der Waals surface area contributed by atoms with Crippen LogP contribution in [0.5, 0.6) is 0 Å². The summed E-state index contributed by atoms with van der Waals surface area (Å²) in [6.45, 7) is 11.4. The van der Waals surface area contributed by atoms with Gasteiger partial charge >= 0.3 is 0 Å². The van der Waals surface area contributed by atoms with Gasteiger partial charge in [0.25, 0.3) is 0 Å². The highest BCUT2D eigenvalue weighted by molar-refractivity contribution is 7.99. The molecule has 0 saturated carbocycles. The summed E-state index contributed by atoms with van der Waals surface area (Å²) in [4.78, 5) is 29.7. The Morgan fingerprint density at radius 1 is 1.09 bits per heavy atom. The molecule has 2 unspecified atom stereocenters. The van der Waals surface area contributed by atoms with E-state index in [0.717, 1.165) is 35.9 Å². The summed E-state index contributed by atoms with van der Waals surface area (Å²) in [5, 5.41) is 9.50. The second-order valence-electron chi connectivity index (χ2n) is 9.36. The summed E-state index contributed by atoms with van der Waals surface area (Å²) in [6.07, 6.45) is 1.58. The zero-order valence-electron chi connectivity index (χ0n) is 20.6. The lowest BCUT2D eigenvalue weighted by Crippen LogP contribution is -2.52. The molecule has 9 heteroatoms. The molecule has 4 rings (SSSR count). The van der Waals surface area contributed by atoms with Crippen LogP contribution in [-0.2, 0) is 20.9 Å². The Labute approximate surface area is 206 Å². The average Bonchev–Trinajstić information content (AvgIpc) is 3.24. The van der Waals surface area contributed by atoms with Crippen LogP contribution in [0.4, 0.5) is 0 Å². The van der Waals surface area contributed by atoms with Crippen molar-refractivity contribution in [3.05, 3.63) is 29.8 Å². The number of morpholine rings is 1.